The van der Waals surface area contributed by atoms with Crippen molar-refractivity contribution in [3.63, 3.8) is 0 Å². The second-order valence-corrected chi connectivity index (χ2v) is 3.11. The highest BCUT2D eigenvalue weighted by Crippen LogP contribution is 2.13. The predicted octanol–water partition coefficient (Wildman–Crippen LogP) is 2.77. The van der Waals surface area contributed by atoms with E-state index in [-0.39, 0.29) is 12.1 Å². The third-order valence-electron chi connectivity index (χ3n) is 1.93. The first-order chi connectivity index (χ1) is 7.15. The Balaban J connectivity index is 2.61. The van der Waals surface area contributed by atoms with Crippen LogP contribution in [0.25, 0.3) is 0 Å². The van der Waals surface area contributed by atoms with Gasteiger partial charge in [0.15, 0.2) is 11.6 Å². The quantitative estimate of drug-likeness (QED) is 0.452. The summed E-state index contributed by atoms with van der Waals surface area (Å²) in [4.78, 5) is 0. The molecule has 0 saturated carbocycles. The van der Waals surface area contributed by atoms with E-state index in [1.54, 1.807) is 6.08 Å². The Morgan fingerprint density at radius 1 is 1.13 bits per heavy atom. The van der Waals surface area contributed by atoms with E-state index in [0.29, 0.717) is 12.6 Å². The van der Waals surface area contributed by atoms with Gasteiger partial charge in [-0.1, -0.05) is 6.08 Å². The normalized spacial score (nSPS) is 10.3. The second-order valence-electron chi connectivity index (χ2n) is 3.11. The molecule has 1 aromatic carbocycles. The van der Waals surface area contributed by atoms with Crippen LogP contribution >= 0.6 is 0 Å². The third kappa shape index (κ3) is 3.40. The lowest BCUT2D eigenvalue weighted by atomic mass is 10.2. The fraction of sp³-hybridized carbons (Fsp3) is 0.273. The molecule has 0 radical (unpaired) electrons. The predicted molar refractivity (Wildman–Crippen MR) is 52.8 cm³/mol. The molecule has 0 aliphatic rings. The third-order valence-corrected chi connectivity index (χ3v) is 1.93. The zero-order valence-electron chi connectivity index (χ0n) is 8.19. The molecule has 0 spiro atoms. The molecule has 1 nitrogen and oxygen atoms in total. The van der Waals surface area contributed by atoms with Crippen LogP contribution in [0.5, 0.6) is 0 Å². The van der Waals surface area contributed by atoms with Crippen molar-refractivity contribution in [3.8, 4) is 0 Å². The molecule has 82 valence electrons. The lowest BCUT2D eigenvalue weighted by molar-refractivity contribution is 0.487. The van der Waals surface area contributed by atoms with Crippen LogP contribution in [0.4, 0.5) is 13.2 Å². The highest BCUT2D eigenvalue weighted by Gasteiger charge is 2.08. The zero-order valence-corrected chi connectivity index (χ0v) is 8.19. The van der Waals surface area contributed by atoms with Gasteiger partial charge in [-0.3, -0.25) is 0 Å². The highest BCUT2D eigenvalue weighted by molar-refractivity contribution is 5.19. The van der Waals surface area contributed by atoms with Crippen molar-refractivity contribution < 1.29 is 13.2 Å². The number of halogens is 3. The molecular formula is C11H12F3N. The van der Waals surface area contributed by atoms with Crippen molar-refractivity contribution in [2.45, 2.75) is 13.0 Å². The van der Waals surface area contributed by atoms with Crippen molar-refractivity contribution >= 4 is 0 Å². The maximum atomic E-state index is 13.1. The fourth-order valence-corrected chi connectivity index (χ4v) is 1.13. The molecule has 4 heteroatoms. The lowest BCUT2D eigenvalue weighted by Gasteiger charge is -2.05. The first-order valence-corrected chi connectivity index (χ1v) is 4.60. The molecule has 0 bridgehead atoms. The van der Waals surface area contributed by atoms with Gasteiger partial charge in [-0.25, -0.2) is 13.2 Å². The van der Waals surface area contributed by atoms with Gasteiger partial charge in [0.2, 0.25) is 0 Å². The molecule has 0 amide bonds. The van der Waals surface area contributed by atoms with Crippen LogP contribution in [0.2, 0.25) is 0 Å². The molecule has 1 rings (SSSR count). The Kier molecular flexibility index (Phi) is 4.37. The van der Waals surface area contributed by atoms with Crippen LogP contribution in [0.15, 0.2) is 24.8 Å². The number of nitrogens with one attached hydrogen (secondary N) is 1. The summed E-state index contributed by atoms with van der Waals surface area (Å²) in [7, 11) is 0. The monoisotopic (exact) mass is 215 g/mol. The molecule has 0 saturated heterocycles. The summed E-state index contributed by atoms with van der Waals surface area (Å²) in [5, 5.41) is 2.89. The molecule has 0 aliphatic heterocycles. The summed E-state index contributed by atoms with van der Waals surface area (Å²) >= 11 is 0. The first-order valence-electron chi connectivity index (χ1n) is 4.60. The van der Waals surface area contributed by atoms with Crippen molar-refractivity contribution in [1.29, 1.82) is 0 Å². The lowest BCUT2D eigenvalue weighted by Crippen LogP contribution is -2.15. The minimum absolute atomic E-state index is 0.123. The molecule has 0 atom stereocenters. The molecule has 1 aromatic rings. The van der Waals surface area contributed by atoms with Crippen molar-refractivity contribution in [2.75, 3.05) is 6.54 Å². The number of rotatable bonds is 5. The van der Waals surface area contributed by atoms with E-state index < -0.39 is 17.5 Å². The van der Waals surface area contributed by atoms with Gasteiger partial charge in [0.25, 0.3) is 0 Å². The molecular weight excluding hydrogens is 203 g/mol. The minimum atomic E-state index is -1.16. The Morgan fingerprint density at radius 3 is 2.47 bits per heavy atom. The Bertz CT molecular complexity index is 350. The van der Waals surface area contributed by atoms with Crippen LogP contribution in [-0.4, -0.2) is 6.54 Å². The maximum absolute atomic E-state index is 13.1. The van der Waals surface area contributed by atoms with Gasteiger partial charge < -0.3 is 5.32 Å². The number of hydrogen-bond donors (Lipinski definition) is 1. The zero-order chi connectivity index (χ0) is 11.3. The highest BCUT2D eigenvalue weighted by atomic mass is 19.2. The summed E-state index contributed by atoms with van der Waals surface area (Å²) in [6.45, 7) is 4.33. The molecule has 15 heavy (non-hydrogen) atoms. The van der Waals surface area contributed by atoms with Gasteiger partial charge in [-0.05, 0) is 19.0 Å². The average Bonchev–Trinajstić information content (AvgIpc) is 2.20. The fourth-order valence-electron chi connectivity index (χ4n) is 1.13. The van der Waals surface area contributed by atoms with Gasteiger partial charge in [-0.15, -0.1) is 6.58 Å². The smallest absolute Gasteiger partial charge is 0.161 e. The van der Waals surface area contributed by atoms with Gasteiger partial charge in [0.05, 0.1) is 0 Å². The standard InChI is InChI=1S/C11H12F3N/c1-2-3-4-15-7-8-5-10(13)11(14)6-9(8)12/h2,5-6,15H,1,3-4,7H2. The van der Waals surface area contributed by atoms with Crippen molar-refractivity contribution in [2.24, 2.45) is 0 Å². The number of benzene rings is 1. The molecule has 0 aromatic heterocycles. The van der Waals surface area contributed by atoms with Crippen molar-refractivity contribution in [3.05, 3.63) is 47.8 Å². The van der Waals surface area contributed by atoms with E-state index in [9.17, 15) is 13.2 Å². The van der Waals surface area contributed by atoms with E-state index in [4.69, 9.17) is 0 Å². The molecule has 0 unspecified atom stereocenters. The summed E-state index contributed by atoms with van der Waals surface area (Å²) in [5.74, 6) is -2.93. The summed E-state index contributed by atoms with van der Waals surface area (Å²) in [6, 6.07) is 1.42. The Morgan fingerprint density at radius 2 is 1.80 bits per heavy atom. The summed E-state index contributed by atoms with van der Waals surface area (Å²) < 4.78 is 38.4. The van der Waals surface area contributed by atoms with E-state index >= 15 is 0 Å². The van der Waals surface area contributed by atoms with Gasteiger partial charge in [0.1, 0.15) is 5.82 Å². The second kappa shape index (κ2) is 5.56. The summed E-state index contributed by atoms with van der Waals surface area (Å²) in [5.41, 5.74) is 0.123. The first kappa shape index (κ1) is 11.8. The Labute approximate surface area is 86.6 Å². The van der Waals surface area contributed by atoms with Gasteiger partial charge in [-0.2, -0.15) is 0 Å². The largest absolute Gasteiger partial charge is 0.312 e. The van der Waals surface area contributed by atoms with E-state index in [1.165, 1.54) is 0 Å². The molecule has 0 aliphatic carbocycles. The minimum Gasteiger partial charge on any atom is -0.312 e. The summed E-state index contributed by atoms with van der Waals surface area (Å²) in [6.07, 6.45) is 2.46. The number of hydrogen-bond acceptors (Lipinski definition) is 1. The molecule has 0 heterocycles. The topological polar surface area (TPSA) is 12.0 Å². The van der Waals surface area contributed by atoms with Crippen LogP contribution in [0.3, 0.4) is 0 Å². The van der Waals surface area contributed by atoms with E-state index in [0.717, 1.165) is 12.5 Å². The van der Waals surface area contributed by atoms with Crippen LogP contribution in [0.1, 0.15) is 12.0 Å². The molecule has 1 N–H and O–H groups in total. The van der Waals surface area contributed by atoms with Gasteiger partial charge >= 0.3 is 0 Å². The van der Waals surface area contributed by atoms with E-state index in [1.807, 2.05) is 0 Å². The van der Waals surface area contributed by atoms with Crippen molar-refractivity contribution in [1.82, 2.24) is 5.32 Å². The van der Waals surface area contributed by atoms with E-state index in [2.05, 4.69) is 11.9 Å². The SMILES string of the molecule is C=CCCNCc1cc(F)c(F)cc1F. The maximum Gasteiger partial charge on any atom is 0.161 e. The van der Waals surface area contributed by atoms with Crippen LogP contribution in [0, 0.1) is 17.5 Å². The Hall–Kier alpha value is -1.29. The van der Waals surface area contributed by atoms with Crippen LogP contribution in [-0.2, 0) is 6.54 Å². The average molecular weight is 215 g/mol. The molecule has 0 fully saturated rings. The van der Waals surface area contributed by atoms with Crippen LogP contribution < -0.4 is 5.32 Å². The van der Waals surface area contributed by atoms with Gasteiger partial charge in [0, 0.05) is 18.2 Å².